The molecule has 0 amide bonds. The van der Waals surface area contributed by atoms with Crippen molar-refractivity contribution < 1.29 is 4.74 Å². The summed E-state index contributed by atoms with van der Waals surface area (Å²) in [6.45, 7) is 0.629. The highest BCUT2D eigenvalue weighted by molar-refractivity contribution is 5.75. The van der Waals surface area contributed by atoms with Gasteiger partial charge in [0.2, 0.25) is 0 Å². The Labute approximate surface area is 91.1 Å². The van der Waals surface area contributed by atoms with Crippen LogP contribution in [-0.4, -0.2) is 24.2 Å². The molecule has 1 unspecified atom stereocenters. The van der Waals surface area contributed by atoms with Crippen molar-refractivity contribution in [2.24, 2.45) is 16.5 Å². The molecule has 4 nitrogen and oxygen atoms in total. The maximum Gasteiger partial charge on any atom is 0.185 e. The van der Waals surface area contributed by atoms with Gasteiger partial charge in [0.05, 0.1) is 18.2 Å². The summed E-state index contributed by atoms with van der Waals surface area (Å²) in [6.07, 6.45) is 8.99. The molecule has 1 aliphatic heterocycles. The number of hydrogen-bond donors (Lipinski definition) is 2. The Hall–Kier alpha value is -0.770. The molecule has 0 bridgehead atoms. The first-order valence-corrected chi connectivity index (χ1v) is 5.93. The zero-order chi connectivity index (χ0) is 10.7. The first kappa shape index (κ1) is 10.7. The van der Waals surface area contributed by atoms with E-state index in [2.05, 4.69) is 4.99 Å². The summed E-state index contributed by atoms with van der Waals surface area (Å²) in [5.74, 6) is 0.170. The van der Waals surface area contributed by atoms with Crippen LogP contribution in [0.2, 0.25) is 0 Å². The van der Waals surface area contributed by atoms with E-state index in [-0.39, 0.29) is 17.7 Å². The van der Waals surface area contributed by atoms with E-state index in [0.29, 0.717) is 6.54 Å². The highest BCUT2D eigenvalue weighted by atomic mass is 16.5. The number of aliphatic imine (C=N–C) groups is 1. The third-order valence-corrected chi connectivity index (χ3v) is 3.58. The lowest BCUT2D eigenvalue weighted by atomic mass is 9.83. The van der Waals surface area contributed by atoms with Gasteiger partial charge in [-0.05, 0) is 25.7 Å². The average molecular weight is 211 g/mol. The molecular formula is C11H21N3O. The van der Waals surface area contributed by atoms with E-state index in [9.17, 15) is 0 Å². The van der Waals surface area contributed by atoms with Gasteiger partial charge in [-0.1, -0.05) is 19.3 Å². The first-order valence-electron chi connectivity index (χ1n) is 5.93. The second-order valence-corrected chi connectivity index (χ2v) is 4.79. The van der Waals surface area contributed by atoms with Gasteiger partial charge in [-0.15, -0.1) is 0 Å². The van der Waals surface area contributed by atoms with Crippen LogP contribution in [0.15, 0.2) is 4.99 Å². The SMILES string of the molecule is NC(N)=NCC1CCC2(CCCCC2)O1. The molecule has 1 heterocycles. The summed E-state index contributed by atoms with van der Waals surface area (Å²) in [4.78, 5) is 4.03. The van der Waals surface area contributed by atoms with E-state index in [0.717, 1.165) is 6.42 Å². The van der Waals surface area contributed by atoms with Crippen LogP contribution in [0.4, 0.5) is 0 Å². The van der Waals surface area contributed by atoms with Crippen molar-refractivity contribution in [3.8, 4) is 0 Å². The molecule has 0 radical (unpaired) electrons. The topological polar surface area (TPSA) is 73.6 Å². The molecule has 4 heteroatoms. The molecule has 1 saturated heterocycles. The number of nitrogens with zero attached hydrogens (tertiary/aromatic N) is 1. The maximum atomic E-state index is 6.12. The van der Waals surface area contributed by atoms with Crippen LogP contribution in [0.25, 0.3) is 0 Å². The summed E-state index contributed by atoms with van der Waals surface area (Å²) < 4.78 is 6.12. The number of hydrogen-bond acceptors (Lipinski definition) is 2. The molecular weight excluding hydrogens is 190 g/mol. The normalized spacial score (nSPS) is 29.2. The Morgan fingerprint density at radius 2 is 1.93 bits per heavy atom. The standard InChI is InChI=1S/C11H21N3O/c12-10(13)14-8-9-4-7-11(15-9)5-2-1-3-6-11/h9H,1-8H2,(H4,12,13,14). The van der Waals surface area contributed by atoms with Crippen molar-refractivity contribution in [2.75, 3.05) is 6.54 Å². The Balaban J connectivity index is 1.85. The van der Waals surface area contributed by atoms with E-state index in [4.69, 9.17) is 16.2 Å². The minimum atomic E-state index is 0.170. The van der Waals surface area contributed by atoms with Gasteiger partial charge in [0.15, 0.2) is 5.96 Å². The molecule has 4 N–H and O–H groups in total. The van der Waals surface area contributed by atoms with E-state index in [1.165, 1.54) is 38.5 Å². The fourth-order valence-corrected chi connectivity index (χ4v) is 2.80. The monoisotopic (exact) mass is 211 g/mol. The highest BCUT2D eigenvalue weighted by Crippen LogP contribution is 2.41. The smallest absolute Gasteiger partial charge is 0.185 e. The van der Waals surface area contributed by atoms with Gasteiger partial charge >= 0.3 is 0 Å². The zero-order valence-electron chi connectivity index (χ0n) is 9.24. The fourth-order valence-electron chi connectivity index (χ4n) is 2.80. The summed E-state index contributed by atoms with van der Waals surface area (Å²) in [5, 5.41) is 0. The van der Waals surface area contributed by atoms with Crippen LogP contribution >= 0.6 is 0 Å². The predicted molar refractivity (Wildman–Crippen MR) is 60.6 cm³/mol. The van der Waals surface area contributed by atoms with Crippen LogP contribution in [-0.2, 0) is 4.74 Å². The molecule has 0 aromatic carbocycles. The number of guanidine groups is 1. The summed E-state index contributed by atoms with van der Waals surface area (Å²) >= 11 is 0. The third kappa shape index (κ3) is 2.62. The number of rotatable bonds is 2. The lowest BCUT2D eigenvalue weighted by Crippen LogP contribution is -2.32. The quantitative estimate of drug-likeness (QED) is 0.531. The van der Waals surface area contributed by atoms with Crippen molar-refractivity contribution in [3.05, 3.63) is 0 Å². The van der Waals surface area contributed by atoms with Gasteiger partial charge in [0, 0.05) is 0 Å². The minimum Gasteiger partial charge on any atom is -0.370 e. The Kier molecular flexibility index (Phi) is 3.14. The van der Waals surface area contributed by atoms with Crippen LogP contribution in [0.1, 0.15) is 44.9 Å². The lowest BCUT2D eigenvalue weighted by molar-refractivity contribution is -0.0598. The van der Waals surface area contributed by atoms with E-state index in [1.54, 1.807) is 0 Å². The van der Waals surface area contributed by atoms with Crippen molar-refractivity contribution in [1.29, 1.82) is 0 Å². The second kappa shape index (κ2) is 4.39. The minimum absolute atomic E-state index is 0.170. The molecule has 2 aliphatic rings. The van der Waals surface area contributed by atoms with Gasteiger partial charge in [-0.3, -0.25) is 4.99 Å². The Morgan fingerprint density at radius 1 is 1.20 bits per heavy atom. The van der Waals surface area contributed by atoms with E-state index < -0.39 is 0 Å². The molecule has 2 fully saturated rings. The van der Waals surface area contributed by atoms with Crippen LogP contribution in [0, 0.1) is 0 Å². The van der Waals surface area contributed by atoms with Gasteiger partial charge in [0.25, 0.3) is 0 Å². The number of ether oxygens (including phenoxy) is 1. The van der Waals surface area contributed by atoms with Gasteiger partial charge < -0.3 is 16.2 Å². The predicted octanol–water partition coefficient (Wildman–Crippen LogP) is 1.14. The molecule has 1 aliphatic carbocycles. The van der Waals surface area contributed by atoms with Crippen molar-refractivity contribution >= 4 is 5.96 Å². The molecule has 2 rings (SSSR count). The Bertz CT molecular complexity index is 242. The molecule has 1 atom stereocenters. The average Bonchev–Trinajstić information content (AvgIpc) is 2.60. The maximum absolute atomic E-state index is 6.12. The van der Waals surface area contributed by atoms with Crippen LogP contribution < -0.4 is 11.5 Å². The molecule has 1 spiro atoms. The molecule has 15 heavy (non-hydrogen) atoms. The van der Waals surface area contributed by atoms with E-state index in [1.807, 2.05) is 0 Å². The summed E-state index contributed by atoms with van der Waals surface area (Å²) in [5.41, 5.74) is 10.8. The molecule has 0 aromatic heterocycles. The van der Waals surface area contributed by atoms with Crippen LogP contribution in [0.3, 0.4) is 0 Å². The number of nitrogens with two attached hydrogens (primary N) is 2. The van der Waals surface area contributed by atoms with Gasteiger partial charge in [0.1, 0.15) is 0 Å². The summed E-state index contributed by atoms with van der Waals surface area (Å²) in [7, 11) is 0. The molecule has 86 valence electrons. The Morgan fingerprint density at radius 3 is 2.60 bits per heavy atom. The molecule has 1 saturated carbocycles. The highest BCUT2D eigenvalue weighted by Gasteiger charge is 2.40. The fraction of sp³-hybridized carbons (Fsp3) is 0.909. The zero-order valence-corrected chi connectivity index (χ0v) is 9.24. The van der Waals surface area contributed by atoms with Crippen molar-refractivity contribution in [2.45, 2.75) is 56.7 Å². The molecule has 0 aromatic rings. The van der Waals surface area contributed by atoms with E-state index >= 15 is 0 Å². The van der Waals surface area contributed by atoms with Gasteiger partial charge in [-0.25, -0.2) is 0 Å². The lowest BCUT2D eigenvalue weighted by Gasteiger charge is -2.33. The first-order chi connectivity index (χ1) is 7.20. The second-order valence-electron chi connectivity index (χ2n) is 4.79. The van der Waals surface area contributed by atoms with Crippen LogP contribution in [0.5, 0.6) is 0 Å². The van der Waals surface area contributed by atoms with Crippen molar-refractivity contribution in [3.63, 3.8) is 0 Å². The third-order valence-electron chi connectivity index (χ3n) is 3.58. The van der Waals surface area contributed by atoms with Crippen molar-refractivity contribution in [1.82, 2.24) is 0 Å². The largest absolute Gasteiger partial charge is 0.370 e. The van der Waals surface area contributed by atoms with Gasteiger partial charge in [-0.2, -0.15) is 0 Å². The summed E-state index contributed by atoms with van der Waals surface area (Å²) in [6, 6.07) is 0.